The molecular formula is C30H23Cl2N3O4. The molecule has 5 aromatic rings. The molecule has 0 aliphatic carbocycles. The number of para-hydroxylation sites is 1. The van der Waals surface area contributed by atoms with Crippen LogP contribution in [0, 0.1) is 0 Å². The molecule has 196 valence electrons. The Balaban J connectivity index is 1.05. The second kappa shape index (κ2) is 10.5. The molecule has 1 aliphatic rings. The molecular weight excluding hydrogens is 537 g/mol. The van der Waals surface area contributed by atoms with E-state index in [9.17, 15) is 9.59 Å². The molecule has 3 heterocycles. The van der Waals surface area contributed by atoms with Gasteiger partial charge in [0, 0.05) is 48.5 Å². The first-order valence-corrected chi connectivity index (χ1v) is 13.2. The van der Waals surface area contributed by atoms with Crippen molar-refractivity contribution < 1.29 is 18.4 Å². The van der Waals surface area contributed by atoms with E-state index in [-0.39, 0.29) is 17.6 Å². The van der Waals surface area contributed by atoms with Gasteiger partial charge in [-0.1, -0.05) is 41.4 Å². The molecule has 2 amide bonds. The van der Waals surface area contributed by atoms with E-state index in [0.29, 0.717) is 59.0 Å². The molecule has 39 heavy (non-hydrogen) atoms. The van der Waals surface area contributed by atoms with E-state index < -0.39 is 0 Å². The molecule has 1 fully saturated rings. The number of fused-ring (bicyclic) bond motifs is 1. The zero-order valence-electron chi connectivity index (χ0n) is 20.7. The third-order valence-corrected chi connectivity index (χ3v) is 7.47. The van der Waals surface area contributed by atoms with Crippen molar-refractivity contribution in [2.24, 2.45) is 0 Å². The van der Waals surface area contributed by atoms with Crippen LogP contribution in [0.3, 0.4) is 0 Å². The van der Waals surface area contributed by atoms with Gasteiger partial charge < -0.3 is 24.0 Å². The topological polar surface area (TPSA) is 78.9 Å². The second-order valence-corrected chi connectivity index (χ2v) is 10.0. The first kappa shape index (κ1) is 25.1. The van der Waals surface area contributed by atoms with Crippen LogP contribution in [0.1, 0.15) is 21.1 Å². The Labute approximate surface area is 234 Å². The lowest BCUT2D eigenvalue weighted by molar-refractivity contribution is 0.0717. The fourth-order valence-electron chi connectivity index (χ4n) is 4.62. The Morgan fingerprint density at radius 1 is 0.744 bits per heavy atom. The molecule has 9 heteroatoms. The van der Waals surface area contributed by atoms with Gasteiger partial charge in [-0.15, -0.1) is 0 Å². The van der Waals surface area contributed by atoms with E-state index in [1.807, 2.05) is 53.4 Å². The number of carbonyl (C=O) groups excluding carboxylic acids is 2. The summed E-state index contributed by atoms with van der Waals surface area (Å²) in [6.45, 7) is 2.57. The quantitative estimate of drug-likeness (QED) is 0.246. The molecule has 1 N–H and O–H groups in total. The van der Waals surface area contributed by atoms with Crippen molar-refractivity contribution in [1.82, 2.24) is 4.90 Å². The van der Waals surface area contributed by atoms with E-state index in [0.717, 1.165) is 16.6 Å². The van der Waals surface area contributed by atoms with Crippen LogP contribution in [-0.2, 0) is 0 Å². The summed E-state index contributed by atoms with van der Waals surface area (Å²) in [5.74, 6) is 0.624. The Morgan fingerprint density at radius 2 is 1.51 bits per heavy atom. The smallest absolute Gasteiger partial charge is 0.291 e. The molecule has 7 nitrogen and oxygen atoms in total. The highest BCUT2D eigenvalue weighted by Crippen LogP contribution is 2.30. The van der Waals surface area contributed by atoms with E-state index in [4.69, 9.17) is 32.0 Å². The Kier molecular flexibility index (Phi) is 6.77. The number of anilines is 2. The van der Waals surface area contributed by atoms with E-state index >= 15 is 0 Å². The zero-order valence-corrected chi connectivity index (χ0v) is 22.2. The van der Waals surface area contributed by atoms with Gasteiger partial charge in [0.25, 0.3) is 11.8 Å². The van der Waals surface area contributed by atoms with Gasteiger partial charge in [-0.3, -0.25) is 9.59 Å². The van der Waals surface area contributed by atoms with Gasteiger partial charge in [-0.2, -0.15) is 0 Å². The molecule has 1 aliphatic heterocycles. The number of hydrogen-bond acceptors (Lipinski definition) is 5. The lowest BCUT2D eigenvalue weighted by atomic mass is 10.2. The third kappa shape index (κ3) is 5.24. The number of nitrogens with zero attached hydrogens (tertiary/aromatic N) is 2. The van der Waals surface area contributed by atoms with Crippen LogP contribution in [0.5, 0.6) is 0 Å². The summed E-state index contributed by atoms with van der Waals surface area (Å²) >= 11 is 12.1. The van der Waals surface area contributed by atoms with Crippen LogP contribution in [0.25, 0.3) is 22.3 Å². The molecule has 0 spiro atoms. The number of piperazine rings is 1. The summed E-state index contributed by atoms with van der Waals surface area (Å²) in [5.41, 5.74) is 3.11. The number of benzene rings is 3. The largest absolute Gasteiger partial charge is 0.451 e. The van der Waals surface area contributed by atoms with Gasteiger partial charge in [0.2, 0.25) is 0 Å². The molecule has 0 radical (unpaired) electrons. The third-order valence-electron chi connectivity index (χ3n) is 6.73. The number of carbonyl (C=O) groups is 2. The average molecular weight is 560 g/mol. The van der Waals surface area contributed by atoms with Crippen LogP contribution in [-0.4, -0.2) is 42.9 Å². The zero-order chi connectivity index (χ0) is 26.9. The molecule has 0 saturated carbocycles. The van der Waals surface area contributed by atoms with Gasteiger partial charge in [0.05, 0.1) is 10.0 Å². The summed E-state index contributed by atoms with van der Waals surface area (Å²) in [4.78, 5) is 29.7. The Morgan fingerprint density at radius 3 is 2.26 bits per heavy atom. The van der Waals surface area contributed by atoms with Crippen molar-refractivity contribution in [2.75, 3.05) is 36.4 Å². The fourth-order valence-corrected chi connectivity index (χ4v) is 4.92. The van der Waals surface area contributed by atoms with E-state index in [1.165, 1.54) is 0 Å². The Bertz CT molecular complexity index is 1630. The number of nitrogens with one attached hydrogen (secondary N) is 1. The number of furan rings is 2. The minimum atomic E-state index is -0.355. The van der Waals surface area contributed by atoms with Crippen LogP contribution >= 0.6 is 23.2 Å². The Hall–Kier alpha value is -4.20. The molecule has 0 unspecified atom stereocenters. The lowest BCUT2D eigenvalue weighted by Gasteiger charge is -2.35. The maximum Gasteiger partial charge on any atom is 0.291 e. The van der Waals surface area contributed by atoms with E-state index in [2.05, 4.69) is 10.2 Å². The number of amides is 2. The molecule has 0 atom stereocenters. The first-order valence-electron chi connectivity index (χ1n) is 12.4. The van der Waals surface area contributed by atoms with Crippen LogP contribution in [0.2, 0.25) is 10.0 Å². The highest BCUT2D eigenvalue weighted by atomic mass is 35.5. The van der Waals surface area contributed by atoms with Gasteiger partial charge in [-0.25, -0.2) is 0 Å². The molecule has 0 bridgehead atoms. The van der Waals surface area contributed by atoms with Crippen molar-refractivity contribution in [3.05, 3.63) is 106 Å². The molecule has 1 saturated heterocycles. The number of hydrogen-bond donors (Lipinski definition) is 1. The summed E-state index contributed by atoms with van der Waals surface area (Å²) in [6, 6.07) is 25.5. The number of rotatable bonds is 5. The van der Waals surface area contributed by atoms with Crippen LogP contribution < -0.4 is 10.2 Å². The van der Waals surface area contributed by atoms with Crippen LogP contribution in [0.4, 0.5) is 11.4 Å². The predicted molar refractivity (Wildman–Crippen MR) is 153 cm³/mol. The maximum absolute atomic E-state index is 12.9. The minimum absolute atomic E-state index is 0.0934. The minimum Gasteiger partial charge on any atom is -0.451 e. The highest BCUT2D eigenvalue weighted by Gasteiger charge is 2.25. The lowest BCUT2D eigenvalue weighted by Crippen LogP contribution is -2.48. The molecule has 3 aromatic carbocycles. The van der Waals surface area contributed by atoms with Crippen molar-refractivity contribution >= 4 is 57.4 Å². The molecule has 6 rings (SSSR count). The predicted octanol–water partition coefficient (Wildman–Crippen LogP) is 7.21. The summed E-state index contributed by atoms with van der Waals surface area (Å²) in [5, 5.41) is 4.65. The number of halogens is 2. The monoisotopic (exact) mass is 559 g/mol. The van der Waals surface area contributed by atoms with Gasteiger partial charge >= 0.3 is 0 Å². The second-order valence-electron chi connectivity index (χ2n) is 9.22. The fraction of sp³-hybridized carbons (Fsp3) is 0.133. The summed E-state index contributed by atoms with van der Waals surface area (Å²) in [6.07, 6.45) is 0. The molecule has 2 aromatic heterocycles. The van der Waals surface area contributed by atoms with Crippen molar-refractivity contribution in [3.63, 3.8) is 0 Å². The SMILES string of the molecule is O=C(Nc1ccc(N2CCN(C(=O)c3cc4ccccc4o3)CC2)cc1)c1ccc(-c2ccc(Cl)c(Cl)c2)o1. The van der Waals surface area contributed by atoms with Crippen molar-refractivity contribution in [2.45, 2.75) is 0 Å². The summed E-state index contributed by atoms with van der Waals surface area (Å²) in [7, 11) is 0. The van der Waals surface area contributed by atoms with Gasteiger partial charge in [0.15, 0.2) is 11.5 Å². The summed E-state index contributed by atoms with van der Waals surface area (Å²) < 4.78 is 11.5. The van der Waals surface area contributed by atoms with Gasteiger partial charge in [0.1, 0.15) is 11.3 Å². The highest BCUT2D eigenvalue weighted by molar-refractivity contribution is 6.42. The first-order chi connectivity index (χ1) is 18.9. The standard InChI is InChI=1S/C30H23Cl2N3O4/c31-23-10-5-20(17-24(23)32)26-11-12-27(38-26)29(36)33-21-6-8-22(9-7-21)34-13-15-35(16-14-34)30(37)28-18-19-3-1-2-4-25(19)39-28/h1-12,17-18H,13-16H2,(H,33,36). The average Bonchev–Trinajstić information content (AvgIpc) is 3.63. The van der Waals surface area contributed by atoms with Gasteiger partial charge in [-0.05, 0) is 66.7 Å². The van der Waals surface area contributed by atoms with Crippen molar-refractivity contribution in [1.29, 1.82) is 0 Å². The normalized spacial score (nSPS) is 13.6. The van der Waals surface area contributed by atoms with Crippen molar-refractivity contribution in [3.8, 4) is 11.3 Å². The van der Waals surface area contributed by atoms with Crippen LogP contribution in [0.15, 0.2) is 93.8 Å². The maximum atomic E-state index is 12.9. The van der Waals surface area contributed by atoms with E-state index in [1.54, 1.807) is 36.4 Å².